The predicted molar refractivity (Wildman–Crippen MR) is 121 cm³/mol. The van der Waals surface area contributed by atoms with E-state index in [1.165, 1.54) is 12.1 Å². The van der Waals surface area contributed by atoms with Crippen molar-refractivity contribution in [1.82, 2.24) is 20.1 Å². The largest absolute Gasteiger partial charge is 0.433 e. The summed E-state index contributed by atoms with van der Waals surface area (Å²) in [6.07, 6.45) is 1.71. The fraction of sp³-hybridized carbons (Fsp3) is 0.435. The zero-order valence-corrected chi connectivity index (χ0v) is 19.0. The Morgan fingerprint density at radius 1 is 1.21 bits per heavy atom. The van der Waals surface area contributed by atoms with Crippen LogP contribution in [0, 0.1) is 0 Å². The summed E-state index contributed by atoms with van der Waals surface area (Å²) in [4.78, 5) is 16.4. The number of benzene rings is 1. The number of aromatic nitrogens is 3. The van der Waals surface area contributed by atoms with Gasteiger partial charge in [0.15, 0.2) is 0 Å². The fourth-order valence-corrected chi connectivity index (χ4v) is 4.31. The van der Waals surface area contributed by atoms with Gasteiger partial charge in [-0.1, -0.05) is 11.6 Å². The Morgan fingerprint density at radius 3 is 2.67 bits per heavy atom. The number of anilines is 1. The molecule has 0 saturated heterocycles. The lowest BCUT2D eigenvalue weighted by molar-refractivity contribution is -0.140. The average molecular weight is 480 g/mol. The maximum Gasteiger partial charge on any atom is 0.433 e. The first-order valence-electron chi connectivity index (χ1n) is 10.9. The van der Waals surface area contributed by atoms with Crippen LogP contribution in [-0.4, -0.2) is 32.8 Å². The molecule has 2 heterocycles. The van der Waals surface area contributed by atoms with Gasteiger partial charge in [0.2, 0.25) is 0 Å². The summed E-state index contributed by atoms with van der Waals surface area (Å²) >= 11 is 6.09. The van der Waals surface area contributed by atoms with Gasteiger partial charge in [-0.15, -0.1) is 0 Å². The number of alkyl halides is 3. The van der Waals surface area contributed by atoms with Crippen LogP contribution in [0.25, 0.3) is 10.9 Å². The summed E-state index contributed by atoms with van der Waals surface area (Å²) in [6, 6.07) is 5.61. The van der Waals surface area contributed by atoms with Gasteiger partial charge in [0.25, 0.3) is 5.91 Å². The maximum atomic E-state index is 13.4. The first-order chi connectivity index (χ1) is 15.6. The van der Waals surface area contributed by atoms with E-state index >= 15 is 0 Å². The van der Waals surface area contributed by atoms with Crippen molar-refractivity contribution in [3.05, 3.63) is 52.9 Å². The number of carbonyl (C=O) groups excluding carboxylic acids is 1. The van der Waals surface area contributed by atoms with E-state index in [1.54, 1.807) is 23.1 Å². The van der Waals surface area contributed by atoms with Crippen LogP contribution in [0.1, 0.15) is 61.6 Å². The molecular weight excluding hydrogens is 455 g/mol. The summed E-state index contributed by atoms with van der Waals surface area (Å²) in [6.45, 7) is 3.96. The van der Waals surface area contributed by atoms with Crippen LogP contribution in [0.2, 0.25) is 5.02 Å². The Labute approximate surface area is 194 Å². The number of halogens is 4. The van der Waals surface area contributed by atoms with Crippen molar-refractivity contribution in [3.63, 3.8) is 0 Å². The van der Waals surface area contributed by atoms with Crippen LogP contribution >= 0.6 is 11.6 Å². The summed E-state index contributed by atoms with van der Waals surface area (Å²) in [5.41, 5.74) is 0.0931. The molecule has 1 amide bonds. The van der Waals surface area contributed by atoms with Crippen LogP contribution in [-0.2, 0) is 6.18 Å². The molecule has 176 valence electrons. The van der Waals surface area contributed by atoms with Gasteiger partial charge in [-0.2, -0.15) is 18.3 Å². The molecule has 1 aliphatic carbocycles. The van der Waals surface area contributed by atoms with E-state index in [0.717, 1.165) is 25.3 Å². The monoisotopic (exact) mass is 479 g/mol. The Morgan fingerprint density at radius 2 is 1.97 bits per heavy atom. The highest BCUT2D eigenvalue weighted by Crippen LogP contribution is 2.35. The molecule has 2 N–H and O–H groups in total. The summed E-state index contributed by atoms with van der Waals surface area (Å²) in [5, 5.41) is 11.4. The van der Waals surface area contributed by atoms with Gasteiger partial charge in [0, 0.05) is 40.4 Å². The molecule has 0 radical (unpaired) electrons. The third kappa shape index (κ3) is 5.40. The van der Waals surface area contributed by atoms with Gasteiger partial charge < -0.3 is 10.6 Å². The lowest BCUT2D eigenvalue weighted by Gasteiger charge is -2.31. The second-order valence-corrected chi connectivity index (χ2v) is 9.13. The molecule has 1 unspecified atom stereocenters. The van der Waals surface area contributed by atoms with Crippen LogP contribution in [0.15, 0.2) is 36.7 Å². The lowest BCUT2D eigenvalue weighted by Crippen LogP contribution is -2.41. The number of amides is 1. The molecule has 33 heavy (non-hydrogen) atoms. The van der Waals surface area contributed by atoms with Crippen molar-refractivity contribution in [1.29, 1.82) is 0 Å². The minimum atomic E-state index is -4.56. The molecule has 6 nitrogen and oxygen atoms in total. The molecule has 1 fully saturated rings. The molecule has 0 spiro atoms. The number of pyridine rings is 1. The number of hydrogen-bond donors (Lipinski definition) is 2. The normalized spacial score (nSPS) is 19.1. The third-order valence-corrected chi connectivity index (χ3v) is 6.06. The van der Waals surface area contributed by atoms with Gasteiger partial charge in [-0.25, -0.2) is 4.98 Å². The highest BCUT2D eigenvalue weighted by molar-refractivity contribution is 6.31. The third-order valence-electron chi connectivity index (χ3n) is 5.82. The summed E-state index contributed by atoms with van der Waals surface area (Å²) in [5.74, 6) is -0.201. The average Bonchev–Trinajstić information content (AvgIpc) is 3.24. The number of fused-ring (bicyclic) bond motifs is 1. The van der Waals surface area contributed by atoms with E-state index in [2.05, 4.69) is 20.7 Å². The Bertz CT molecular complexity index is 1160. The van der Waals surface area contributed by atoms with Crippen molar-refractivity contribution >= 4 is 34.1 Å². The molecule has 2 atom stereocenters. The zero-order chi connectivity index (χ0) is 23.8. The van der Waals surface area contributed by atoms with E-state index in [1.807, 2.05) is 13.8 Å². The highest BCUT2D eigenvalue weighted by Gasteiger charge is 2.34. The number of nitrogens with zero attached hydrogens (tertiary/aromatic N) is 3. The maximum absolute atomic E-state index is 13.4. The predicted octanol–water partition coefficient (Wildman–Crippen LogP) is 5.84. The number of carbonyl (C=O) groups is 1. The second-order valence-electron chi connectivity index (χ2n) is 8.70. The molecule has 1 aromatic carbocycles. The Kier molecular flexibility index (Phi) is 6.52. The smallest absolute Gasteiger partial charge is 0.382 e. The quantitative estimate of drug-likeness (QED) is 0.482. The molecule has 0 aliphatic heterocycles. The first kappa shape index (κ1) is 23.4. The first-order valence-corrected chi connectivity index (χ1v) is 11.3. The Hall–Kier alpha value is -2.81. The molecule has 4 rings (SSSR count). The minimum Gasteiger partial charge on any atom is -0.382 e. The van der Waals surface area contributed by atoms with E-state index in [9.17, 15) is 18.0 Å². The van der Waals surface area contributed by atoms with Crippen molar-refractivity contribution < 1.29 is 18.0 Å². The number of nitrogens with one attached hydrogen (secondary N) is 2. The van der Waals surface area contributed by atoms with Gasteiger partial charge in [-0.3, -0.25) is 9.48 Å². The van der Waals surface area contributed by atoms with E-state index in [-0.39, 0.29) is 29.5 Å². The van der Waals surface area contributed by atoms with E-state index in [4.69, 9.17) is 11.6 Å². The molecule has 10 heteroatoms. The van der Waals surface area contributed by atoms with Gasteiger partial charge in [0.05, 0.1) is 17.3 Å². The van der Waals surface area contributed by atoms with Crippen molar-refractivity contribution in [2.45, 2.75) is 63.8 Å². The van der Waals surface area contributed by atoms with Crippen molar-refractivity contribution in [3.8, 4) is 0 Å². The Balaban J connectivity index is 1.51. The summed E-state index contributed by atoms with van der Waals surface area (Å²) < 4.78 is 41.9. The van der Waals surface area contributed by atoms with E-state index < -0.39 is 11.9 Å². The van der Waals surface area contributed by atoms with E-state index in [0.29, 0.717) is 28.1 Å². The minimum absolute atomic E-state index is 0.0927. The fourth-order valence-electron chi connectivity index (χ4n) is 4.14. The van der Waals surface area contributed by atoms with Crippen LogP contribution < -0.4 is 10.6 Å². The number of hydrogen-bond acceptors (Lipinski definition) is 4. The number of rotatable bonds is 5. The van der Waals surface area contributed by atoms with Crippen LogP contribution in [0.3, 0.4) is 0 Å². The van der Waals surface area contributed by atoms with Gasteiger partial charge in [-0.05, 0) is 63.8 Å². The molecule has 1 aliphatic rings. The molecule has 3 aromatic rings. The molecule has 1 saturated carbocycles. The van der Waals surface area contributed by atoms with Crippen molar-refractivity contribution in [2.75, 3.05) is 5.32 Å². The zero-order valence-electron chi connectivity index (χ0n) is 18.3. The van der Waals surface area contributed by atoms with Crippen molar-refractivity contribution in [2.24, 2.45) is 0 Å². The standard InChI is InChI=1S/C23H25ClF3N5O/c1-13(2)32-12-14(11-28-32)22(33)30-17-5-3-4-16(9-17)29-20-10-21(23(25,26)27)31-19-7-6-15(24)8-18(19)20/h6-8,10-13,16-17H,3-5,9H2,1-2H3,(H,29,31)(H,30,33)/t16?,17-/m1/s1. The topological polar surface area (TPSA) is 71.8 Å². The second kappa shape index (κ2) is 9.21. The van der Waals surface area contributed by atoms with Gasteiger partial charge >= 0.3 is 6.18 Å². The van der Waals surface area contributed by atoms with Crippen LogP contribution in [0.5, 0.6) is 0 Å². The highest BCUT2D eigenvalue weighted by atomic mass is 35.5. The molecule has 2 aromatic heterocycles. The molecule has 0 bridgehead atoms. The summed E-state index contributed by atoms with van der Waals surface area (Å²) in [7, 11) is 0. The molecular formula is C23H25ClF3N5O. The lowest BCUT2D eigenvalue weighted by atomic mass is 9.90. The van der Waals surface area contributed by atoms with Gasteiger partial charge in [0.1, 0.15) is 5.69 Å². The SMILES string of the molecule is CC(C)n1cc(C(=O)N[C@@H]2CCCC(Nc3cc(C(F)(F)F)nc4ccc(Cl)cc34)C2)cn1. The van der Waals surface area contributed by atoms with Crippen LogP contribution in [0.4, 0.5) is 18.9 Å².